The van der Waals surface area contributed by atoms with Crippen LogP contribution in [0, 0.1) is 5.41 Å². The normalized spacial score (nSPS) is 28.6. The number of halogens is 2. The van der Waals surface area contributed by atoms with Gasteiger partial charge in [-0.2, -0.15) is 0 Å². The van der Waals surface area contributed by atoms with Gasteiger partial charge < -0.3 is 10.5 Å². The lowest BCUT2D eigenvalue weighted by Gasteiger charge is -2.31. The third-order valence-electron chi connectivity index (χ3n) is 3.78. The van der Waals surface area contributed by atoms with Crippen molar-refractivity contribution in [3.05, 3.63) is 33.8 Å². The second-order valence-corrected chi connectivity index (χ2v) is 5.57. The summed E-state index contributed by atoms with van der Waals surface area (Å²) in [7, 11) is 0. The van der Waals surface area contributed by atoms with Gasteiger partial charge in [0, 0.05) is 18.6 Å². The maximum atomic E-state index is 6.03. The first-order chi connectivity index (χ1) is 8.07. The summed E-state index contributed by atoms with van der Waals surface area (Å²) in [6, 6.07) is 5.77. The highest BCUT2D eigenvalue weighted by Gasteiger charge is 2.40. The first kappa shape index (κ1) is 13.2. The van der Waals surface area contributed by atoms with Gasteiger partial charge in [-0.25, -0.2) is 0 Å². The molecule has 1 heterocycles. The number of nitrogens with two attached hydrogens (primary N) is 1. The van der Waals surface area contributed by atoms with Gasteiger partial charge in [-0.05, 0) is 37.5 Å². The van der Waals surface area contributed by atoms with E-state index in [-0.39, 0.29) is 11.5 Å². The lowest BCUT2D eigenvalue weighted by atomic mass is 9.76. The molecule has 0 saturated carbocycles. The Hall–Kier alpha value is -0.280. The topological polar surface area (TPSA) is 35.2 Å². The van der Waals surface area contributed by atoms with Crippen LogP contribution in [0.4, 0.5) is 0 Å². The van der Waals surface area contributed by atoms with E-state index in [0.717, 1.165) is 19.4 Å². The van der Waals surface area contributed by atoms with Gasteiger partial charge in [-0.1, -0.05) is 29.3 Å². The molecule has 0 amide bonds. The van der Waals surface area contributed by atoms with Crippen molar-refractivity contribution in [1.29, 1.82) is 0 Å². The molecule has 17 heavy (non-hydrogen) atoms. The molecular weight excluding hydrogens is 257 g/mol. The fourth-order valence-electron chi connectivity index (χ4n) is 2.45. The third-order valence-corrected chi connectivity index (χ3v) is 4.52. The predicted molar refractivity (Wildman–Crippen MR) is 71.7 cm³/mol. The lowest BCUT2D eigenvalue weighted by molar-refractivity contribution is 0.0673. The molecule has 1 aromatic rings. The van der Waals surface area contributed by atoms with Gasteiger partial charge in [0.15, 0.2) is 0 Å². The molecule has 4 heteroatoms. The van der Waals surface area contributed by atoms with E-state index in [0.29, 0.717) is 16.6 Å². The summed E-state index contributed by atoms with van der Waals surface area (Å²) in [5, 5.41) is 1.19. The van der Waals surface area contributed by atoms with Crippen LogP contribution < -0.4 is 5.73 Å². The van der Waals surface area contributed by atoms with Crippen molar-refractivity contribution >= 4 is 23.2 Å². The molecule has 1 aliphatic rings. The van der Waals surface area contributed by atoms with Crippen molar-refractivity contribution in [2.24, 2.45) is 11.1 Å². The van der Waals surface area contributed by atoms with Crippen LogP contribution in [0.5, 0.6) is 0 Å². The summed E-state index contributed by atoms with van der Waals surface area (Å²) >= 11 is 11.9. The zero-order valence-corrected chi connectivity index (χ0v) is 11.4. The van der Waals surface area contributed by atoms with Crippen LogP contribution in [0.2, 0.25) is 10.0 Å². The van der Waals surface area contributed by atoms with Crippen molar-refractivity contribution < 1.29 is 4.74 Å². The average Bonchev–Trinajstić information content (AvgIpc) is 2.66. The maximum absolute atomic E-state index is 6.03. The fourth-order valence-corrected chi connectivity index (χ4v) is 2.77. The monoisotopic (exact) mass is 273 g/mol. The minimum absolute atomic E-state index is 0.0388. The van der Waals surface area contributed by atoms with E-state index in [4.69, 9.17) is 33.7 Å². The van der Waals surface area contributed by atoms with Gasteiger partial charge in [0.05, 0.1) is 16.1 Å². The Morgan fingerprint density at radius 3 is 2.71 bits per heavy atom. The predicted octanol–water partition coefficient (Wildman–Crippen LogP) is 3.29. The average molecular weight is 274 g/mol. The highest BCUT2D eigenvalue weighted by Crippen LogP contribution is 2.38. The van der Waals surface area contributed by atoms with Crippen LogP contribution in [0.3, 0.4) is 0 Å². The SMILES string of the molecule is CC1OCCC1(CN)Cc1ccc(Cl)c(Cl)c1. The molecule has 2 unspecified atom stereocenters. The van der Waals surface area contributed by atoms with E-state index >= 15 is 0 Å². The van der Waals surface area contributed by atoms with Crippen LogP contribution in [-0.2, 0) is 11.2 Å². The summed E-state index contributed by atoms with van der Waals surface area (Å²) in [5.74, 6) is 0. The first-order valence-corrected chi connectivity index (χ1v) is 6.58. The van der Waals surface area contributed by atoms with E-state index in [1.165, 1.54) is 5.56 Å². The summed E-state index contributed by atoms with van der Waals surface area (Å²) in [4.78, 5) is 0. The molecule has 0 aliphatic carbocycles. The molecule has 0 spiro atoms. The Bertz CT molecular complexity index is 410. The molecule has 2 N–H and O–H groups in total. The number of benzene rings is 1. The standard InChI is InChI=1S/C13H17Cl2NO/c1-9-13(8-16,4-5-17-9)7-10-2-3-11(14)12(15)6-10/h2-3,6,9H,4-5,7-8,16H2,1H3. The smallest absolute Gasteiger partial charge is 0.0619 e. The zero-order chi connectivity index (χ0) is 12.5. The minimum Gasteiger partial charge on any atom is -0.378 e. The summed E-state index contributed by atoms with van der Waals surface area (Å²) in [6.07, 6.45) is 2.09. The van der Waals surface area contributed by atoms with Crippen LogP contribution in [-0.4, -0.2) is 19.3 Å². The van der Waals surface area contributed by atoms with Crippen LogP contribution in [0.1, 0.15) is 18.9 Å². The quantitative estimate of drug-likeness (QED) is 0.918. The zero-order valence-electron chi connectivity index (χ0n) is 9.88. The second kappa shape index (κ2) is 5.15. The Morgan fingerprint density at radius 1 is 1.41 bits per heavy atom. The van der Waals surface area contributed by atoms with Crippen molar-refractivity contribution in [3.63, 3.8) is 0 Å². The minimum atomic E-state index is 0.0388. The van der Waals surface area contributed by atoms with Crippen molar-refractivity contribution in [3.8, 4) is 0 Å². The Labute approximate surface area is 112 Å². The van der Waals surface area contributed by atoms with Crippen LogP contribution in [0.25, 0.3) is 0 Å². The molecule has 1 saturated heterocycles. The van der Waals surface area contributed by atoms with Crippen LogP contribution in [0.15, 0.2) is 18.2 Å². The van der Waals surface area contributed by atoms with Crippen LogP contribution >= 0.6 is 23.2 Å². The second-order valence-electron chi connectivity index (χ2n) is 4.75. The number of ether oxygens (including phenoxy) is 1. The Balaban J connectivity index is 2.21. The highest BCUT2D eigenvalue weighted by molar-refractivity contribution is 6.42. The number of hydrogen-bond acceptors (Lipinski definition) is 2. The van der Waals surface area contributed by atoms with Gasteiger partial charge in [-0.3, -0.25) is 0 Å². The summed E-state index contributed by atoms with van der Waals surface area (Å²) in [5.41, 5.74) is 7.14. The molecule has 2 atom stereocenters. The molecule has 1 fully saturated rings. The number of hydrogen-bond donors (Lipinski definition) is 1. The van der Waals surface area contributed by atoms with Crippen molar-refractivity contribution in [2.45, 2.75) is 25.9 Å². The molecule has 0 bridgehead atoms. The van der Waals surface area contributed by atoms with E-state index < -0.39 is 0 Å². The summed E-state index contributed by atoms with van der Waals surface area (Å²) in [6.45, 7) is 3.52. The highest BCUT2D eigenvalue weighted by atomic mass is 35.5. The van der Waals surface area contributed by atoms with E-state index in [1.807, 2.05) is 18.2 Å². The maximum Gasteiger partial charge on any atom is 0.0619 e. The van der Waals surface area contributed by atoms with Gasteiger partial charge in [0.25, 0.3) is 0 Å². The molecular formula is C13H17Cl2NO. The molecule has 1 aliphatic heterocycles. The lowest BCUT2D eigenvalue weighted by Crippen LogP contribution is -2.38. The van der Waals surface area contributed by atoms with Gasteiger partial charge >= 0.3 is 0 Å². The summed E-state index contributed by atoms with van der Waals surface area (Å²) < 4.78 is 5.65. The van der Waals surface area contributed by atoms with Crippen molar-refractivity contribution in [2.75, 3.05) is 13.2 Å². The molecule has 1 aromatic carbocycles. The molecule has 2 nitrogen and oxygen atoms in total. The number of rotatable bonds is 3. The Kier molecular flexibility index (Phi) is 3.99. The molecule has 94 valence electrons. The van der Waals surface area contributed by atoms with E-state index in [2.05, 4.69) is 6.92 Å². The van der Waals surface area contributed by atoms with E-state index in [1.54, 1.807) is 0 Å². The fraction of sp³-hybridized carbons (Fsp3) is 0.538. The first-order valence-electron chi connectivity index (χ1n) is 5.83. The van der Waals surface area contributed by atoms with Gasteiger partial charge in [-0.15, -0.1) is 0 Å². The van der Waals surface area contributed by atoms with E-state index in [9.17, 15) is 0 Å². The molecule has 2 rings (SSSR count). The third kappa shape index (κ3) is 2.60. The van der Waals surface area contributed by atoms with Gasteiger partial charge in [0.1, 0.15) is 0 Å². The largest absolute Gasteiger partial charge is 0.378 e. The Morgan fingerprint density at radius 2 is 2.18 bits per heavy atom. The molecule has 0 aromatic heterocycles. The van der Waals surface area contributed by atoms with Gasteiger partial charge in [0.2, 0.25) is 0 Å². The van der Waals surface area contributed by atoms with Crippen molar-refractivity contribution in [1.82, 2.24) is 0 Å². The molecule has 0 radical (unpaired) electrons.